The summed E-state index contributed by atoms with van der Waals surface area (Å²) in [7, 11) is -8.11. The number of rotatable bonds is 19. The Bertz CT molecular complexity index is 1680. The molecule has 0 unspecified atom stereocenters. The van der Waals surface area contributed by atoms with Crippen molar-refractivity contribution in [3.8, 4) is 5.75 Å². The molecule has 1 heterocycles. The van der Waals surface area contributed by atoms with Crippen LogP contribution < -0.4 is 19.9 Å². The van der Waals surface area contributed by atoms with Crippen molar-refractivity contribution in [2.75, 3.05) is 31.0 Å². The Hall–Kier alpha value is -3.04. The number of nitrogens with one attached hydrogen (secondary N) is 2. The second-order valence-corrected chi connectivity index (χ2v) is 15.4. The van der Waals surface area contributed by atoms with E-state index in [0.29, 0.717) is 32.8 Å². The zero-order chi connectivity index (χ0) is 33.9. The maximum absolute atomic E-state index is 13.0. The lowest BCUT2D eigenvalue weighted by molar-refractivity contribution is -0.180. The second-order valence-electron chi connectivity index (χ2n) is 12.2. The average molecular weight is 690 g/mol. The monoisotopic (exact) mass is 689 g/mol. The summed E-state index contributed by atoms with van der Waals surface area (Å²) in [6.07, 6.45) is 5.96. The number of para-hydroxylation sites is 1. The maximum Gasteiger partial charge on any atom is 0.261 e. The number of anilines is 1. The summed E-state index contributed by atoms with van der Waals surface area (Å²) >= 11 is 0. The van der Waals surface area contributed by atoms with E-state index in [4.69, 9.17) is 19.3 Å². The van der Waals surface area contributed by atoms with E-state index >= 15 is 0 Å². The highest BCUT2D eigenvalue weighted by Crippen LogP contribution is 2.33. The lowest BCUT2D eigenvalue weighted by Crippen LogP contribution is -2.35. The third kappa shape index (κ3) is 11.6. The van der Waals surface area contributed by atoms with Gasteiger partial charge in [0.15, 0.2) is 0 Å². The molecule has 11 nitrogen and oxygen atoms in total. The summed E-state index contributed by atoms with van der Waals surface area (Å²) in [5, 5.41) is 19.1. The molecule has 0 aromatic heterocycles. The highest BCUT2D eigenvalue weighted by molar-refractivity contribution is 7.93. The fraction of sp³-hybridized carbons (Fsp3) is 0.471. The Morgan fingerprint density at radius 3 is 2.45 bits per heavy atom. The van der Waals surface area contributed by atoms with Crippen LogP contribution in [-0.4, -0.2) is 54.0 Å². The number of sulfonamides is 2. The Morgan fingerprint density at radius 2 is 1.66 bits per heavy atom. The predicted molar refractivity (Wildman–Crippen MR) is 181 cm³/mol. The first kappa shape index (κ1) is 36.8. The Kier molecular flexibility index (Phi) is 13.2. The molecule has 0 aliphatic carbocycles. The molecule has 3 aromatic rings. The van der Waals surface area contributed by atoms with Gasteiger partial charge in [-0.05, 0) is 86.2 Å². The van der Waals surface area contributed by atoms with E-state index in [1.807, 2.05) is 38.1 Å². The summed E-state index contributed by atoms with van der Waals surface area (Å²) in [6.45, 7) is 6.90. The number of benzene rings is 3. The number of hydrogen-bond donors (Lipinski definition) is 4. The summed E-state index contributed by atoms with van der Waals surface area (Å²) in [6, 6.07) is 18.0. The Balaban J connectivity index is 1.04. The number of unbranched alkanes of at least 4 members (excludes halogenated alkanes) is 4. The van der Waals surface area contributed by atoms with Gasteiger partial charge in [0.25, 0.3) is 10.0 Å². The summed E-state index contributed by atoms with van der Waals surface area (Å²) in [5.41, 5.74) is 2.57. The van der Waals surface area contributed by atoms with Crippen molar-refractivity contribution < 1.29 is 36.2 Å². The molecule has 0 saturated carbocycles. The van der Waals surface area contributed by atoms with Crippen LogP contribution >= 0.6 is 0 Å². The van der Waals surface area contributed by atoms with Crippen LogP contribution in [0.25, 0.3) is 0 Å². The van der Waals surface area contributed by atoms with Gasteiger partial charge in [-0.3, -0.25) is 4.72 Å². The Morgan fingerprint density at radius 1 is 0.915 bits per heavy atom. The molecule has 258 valence electrons. The normalized spacial score (nSPS) is 15.1. The molecule has 5 N–H and O–H groups in total. The van der Waals surface area contributed by atoms with E-state index in [0.717, 1.165) is 67.5 Å². The summed E-state index contributed by atoms with van der Waals surface area (Å²) < 4.78 is 69.2. The summed E-state index contributed by atoms with van der Waals surface area (Å²) in [5.74, 6) is 0.166. The van der Waals surface area contributed by atoms with Gasteiger partial charge in [0.2, 0.25) is 15.8 Å². The van der Waals surface area contributed by atoms with Crippen LogP contribution in [0.3, 0.4) is 0 Å². The van der Waals surface area contributed by atoms with E-state index in [1.54, 1.807) is 12.1 Å². The molecule has 47 heavy (non-hydrogen) atoms. The topological polar surface area (TPSA) is 166 Å². The number of fused-ring (bicyclic) bond motifs is 1. The first-order chi connectivity index (χ1) is 22.3. The van der Waals surface area contributed by atoms with Crippen LogP contribution in [0.4, 0.5) is 5.69 Å². The standard InChI is InChI=1S/C34H47N3O8S2/c1-34(2)44-25-28-23-27(17-18-32(28)45-34)31(38)24-36-19-8-3-4-9-20-43-21-10-7-12-26-13-11-14-29(22-26)47(41,42)37-30-15-5-6-16-33(30)46(35,39)40/h5-6,11,13-18,22-23,31,36-38H,3-4,7-10,12,19-21,24-25H2,1-2H3,(H2,35,39,40)/t31-/m0/s1. The molecule has 3 aromatic carbocycles. The lowest BCUT2D eigenvalue weighted by Gasteiger charge is -2.33. The first-order valence-corrected chi connectivity index (χ1v) is 19.0. The van der Waals surface area contributed by atoms with E-state index in [1.165, 1.54) is 30.3 Å². The maximum atomic E-state index is 13.0. The van der Waals surface area contributed by atoms with Gasteiger partial charge < -0.3 is 24.6 Å². The minimum Gasteiger partial charge on any atom is -0.463 e. The van der Waals surface area contributed by atoms with Crippen LogP contribution in [0.15, 0.2) is 76.5 Å². The molecule has 0 fully saturated rings. The lowest BCUT2D eigenvalue weighted by atomic mass is 10.0. The second kappa shape index (κ2) is 16.9. The van der Waals surface area contributed by atoms with Crippen LogP contribution in [-0.2, 0) is 42.5 Å². The third-order valence-corrected chi connectivity index (χ3v) is 10.1. The van der Waals surface area contributed by atoms with Crippen LogP contribution in [0.5, 0.6) is 5.75 Å². The van der Waals surface area contributed by atoms with Crippen molar-refractivity contribution in [2.24, 2.45) is 5.14 Å². The minimum atomic E-state index is -4.10. The number of aliphatic hydroxyl groups is 1. The Labute approximate surface area is 278 Å². The number of nitrogens with two attached hydrogens (primary N) is 1. The van der Waals surface area contributed by atoms with Crippen LogP contribution in [0, 0.1) is 0 Å². The molecule has 13 heteroatoms. The first-order valence-electron chi connectivity index (χ1n) is 16.0. The van der Waals surface area contributed by atoms with E-state index < -0.39 is 31.9 Å². The van der Waals surface area contributed by atoms with Gasteiger partial charge in [-0.1, -0.05) is 43.2 Å². The molecule has 1 aliphatic heterocycles. The highest BCUT2D eigenvalue weighted by Gasteiger charge is 2.27. The number of aliphatic hydroxyl groups excluding tert-OH is 1. The SMILES string of the molecule is CC1(C)OCc2cc([C@@H](O)CNCCCCCCOCCCCc3cccc(S(=O)(=O)Nc4ccccc4S(N)(=O)=O)c3)ccc2O1. The molecule has 0 bridgehead atoms. The highest BCUT2D eigenvalue weighted by atomic mass is 32.2. The zero-order valence-corrected chi connectivity index (χ0v) is 28.7. The number of aryl methyl sites for hydroxylation is 1. The zero-order valence-electron chi connectivity index (χ0n) is 27.1. The van der Waals surface area contributed by atoms with Gasteiger partial charge in [0, 0.05) is 39.2 Å². The molecular weight excluding hydrogens is 643 g/mol. The summed E-state index contributed by atoms with van der Waals surface area (Å²) in [4.78, 5) is -0.242. The molecule has 1 aliphatic rings. The van der Waals surface area contributed by atoms with E-state index in [9.17, 15) is 21.9 Å². The quantitative estimate of drug-likeness (QED) is 0.127. The number of hydrogen-bond acceptors (Lipinski definition) is 9. The van der Waals surface area contributed by atoms with Crippen LogP contribution in [0.2, 0.25) is 0 Å². The minimum absolute atomic E-state index is 0.0478. The molecule has 0 saturated heterocycles. The fourth-order valence-electron chi connectivity index (χ4n) is 5.24. The van der Waals surface area contributed by atoms with Gasteiger partial charge >= 0.3 is 0 Å². The smallest absolute Gasteiger partial charge is 0.261 e. The third-order valence-electron chi connectivity index (χ3n) is 7.78. The molecule has 1 atom stereocenters. The van der Waals surface area contributed by atoms with Gasteiger partial charge in [-0.2, -0.15) is 0 Å². The van der Waals surface area contributed by atoms with Crippen molar-refractivity contribution in [3.05, 3.63) is 83.4 Å². The van der Waals surface area contributed by atoms with Crippen LogP contribution in [0.1, 0.15) is 75.2 Å². The van der Waals surface area contributed by atoms with Crippen molar-refractivity contribution in [3.63, 3.8) is 0 Å². The van der Waals surface area contributed by atoms with Gasteiger partial charge in [0.1, 0.15) is 10.6 Å². The van der Waals surface area contributed by atoms with Gasteiger partial charge in [0.05, 0.1) is 23.3 Å². The molecule has 0 spiro atoms. The van der Waals surface area contributed by atoms with E-state index in [-0.39, 0.29) is 15.5 Å². The van der Waals surface area contributed by atoms with Gasteiger partial charge in [-0.25, -0.2) is 22.0 Å². The molecule has 4 rings (SSSR count). The molecule has 0 radical (unpaired) electrons. The van der Waals surface area contributed by atoms with E-state index in [2.05, 4.69) is 10.0 Å². The molecule has 0 amide bonds. The van der Waals surface area contributed by atoms with Crippen molar-refractivity contribution in [1.82, 2.24) is 5.32 Å². The average Bonchev–Trinajstić information content (AvgIpc) is 3.02. The van der Waals surface area contributed by atoms with Crippen molar-refractivity contribution in [1.29, 1.82) is 0 Å². The predicted octanol–water partition coefficient (Wildman–Crippen LogP) is 5.00. The molecular formula is C34H47N3O8S2. The number of ether oxygens (including phenoxy) is 3. The number of primary sulfonamides is 1. The van der Waals surface area contributed by atoms with Gasteiger partial charge in [-0.15, -0.1) is 0 Å². The van der Waals surface area contributed by atoms with Crippen molar-refractivity contribution >= 4 is 25.7 Å². The van der Waals surface area contributed by atoms with Crippen molar-refractivity contribution in [2.45, 2.75) is 87.1 Å². The largest absolute Gasteiger partial charge is 0.463 e. The fourth-order valence-corrected chi connectivity index (χ4v) is 7.14.